The van der Waals surface area contributed by atoms with Gasteiger partial charge >= 0.3 is 5.97 Å². The number of amides is 2. The lowest BCUT2D eigenvalue weighted by molar-refractivity contribution is -0.143. The number of aliphatic carboxylic acids is 1. The average molecular weight is 366 g/mol. The number of hydrogen-bond donors (Lipinski definition) is 1. The zero-order chi connectivity index (χ0) is 19.4. The number of benzene rings is 2. The van der Waals surface area contributed by atoms with Crippen LogP contribution >= 0.6 is 0 Å². The van der Waals surface area contributed by atoms with Crippen LogP contribution in [0.5, 0.6) is 0 Å². The van der Waals surface area contributed by atoms with Crippen LogP contribution in [0.3, 0.4) is 0 Å². The molecule has 0 aliphatic carbocycles. The highest BCUT2D eigenvalue weighted by molar-refractivity contribution is 6.07. The molecule has 2 aromatic carbocycles. The van der Waals surface area contributed by atoms with E-state index in [0.717, 1.165) is 18.5 Å². The third kappa shape index (κ3) is 4.00. The fourth-order valence-corrected chi connectivity index (χ4v) is 3.34. The van der Waals surface area contributed by atoms with Crippen LogP contribution in [0.1, 0.15) is 40.0 Å². The molecule has 27 heavy (non-hydrogen) atoms. The van der Waals surface area contributed by atoms with Gasteiger partial charge in [-0.05, 0) is 49.6 Å². The Bertz CT molecular complexity index is 850. The van der Waals surface area contributed by atoms with E-state index in [2.05, 4.69) is 0 Å². The van der Waals surface area contributed by atoms with Crippen LogP contribution in [0.25, 0.3) is 0 Å². The van der Waals surface area contributed by atoms with Gasteiger partial charge in [-0.1, -0.05) is 24.3 Å². The predicted molar refractivity (Wildman–Crippen MR) is 102 cm³/mol. The molecule has 3 rings (SSSR count). The second-order valence-corrected chi connectivity index (χ2v) is 6.63. The monoisotopic (exact) mass is 366 g/mol. The first kappa shape index (κ1) is 18.6. The molecule has 6 heteroatoms. The van der Waals surface area contributed by atoms with Crippen molar-refractivity contribution in [2.45, 2.75) is 25.3 Å². The summed E-state index contributed by atoms with van der Waals surface area (Å²) >= 11 is 0. The van der Waals surface area contributed by atoms with Gasteiger partial charge < -0.3 is 14.9 Å². The summed E-state index contributed by atoms with van der Waals surface area (Å²) in [6.07, 6.45) is 2.03. The lowest BCUT2D eigenvalue weighted by atomic mass is 10.00. The van der Waals surface area contributed by atoms with Crippen molar-refractivity contribution < 1.29 is 19.5 Å². The third-order valence-electron chi connectivity index (χ3n) is 4.85. The Balaban J connectivity index is 1.83. The van der Waals surface area contributed by atoms with Gasteiger partial charge in [0.25, 0.3) is 11.8 Å². The summed E-state index contributed by atoms with van der Waals surface area (Å²) in [6, 6.07) is 14.9. The Morgan fingerprint density at radius 3 is 2.41 bits per heavy atom. The zero-order valence-electron chi connectivity index (χ0n) is 15.2. The predicted octanol–water partition coefficient (Wildman–Crippen LogP) is 3.04. The molecule has 0 aromatic heterocycles. The van der Waals surface area contributed by atoms with Gasteiger partial charge in [-0.15, -0.1) is 0 Å². The molecular weight excluding hydrogens is 344 g/mol. The highest BCUT2D eigenvalue weighted by Crippen LogP contribution is 2.21. The molecule has 1 heterocycles. The molecule has 1 aliphatic heterocycles. The Labute approximate surface area is 158 Å². The number of likely N-dealkylation sites (tertiary alicyclic amines) is 1. The number of hydrogen-bond acceptors (Lipinski definition) is 3. The van der Waals surface area contributed by atoms with Gasteiger partial charge in [0.2, 0.25) is 0 Å². The smallest absolute Gasteiger partial charge is 0.326 e. The van der Waals surface area contributed by atoms with Crippen LogP contribution in [0.2, 0.25) is 0 Å². The van der Waals surface area contributed by atoms with E-state index < -0.39 is 12.0 Å². The van der Waals surface area contributed by atoms with Gasteiger partial charge in [0.15, 0.2) is 0 Å². The number of nitrogens with zero attached hydrogens (tertiary/aromatic N) is 2. The lowest BCUT2D eigenvalue weighted by Gasteiger charge is -2.33. The van der Waals surface area contributed by atoms with Crippen molar-refractivity contribution in [2.75, 3.05) is 18.5 Å². The van der Waals surface area contributed by atoms with Gasteiger partial charge in [-0.3, -0.25) is 9.59 Å². The summed E-state index contributed by atoms with van der Waals surface area (Å²) in [7, 11) is 1.68. The molecule has 1 fully saturated rings. The summed E-state index contributed by atoms with van der Waals surface area (Å²) in [5.41, 5.74) is 1.47. The van der Waals surface area contributed by atoms with Crippen LogP contribution in [0, 0.1) is 0 Å². The maximum Gasteiger partial charge on any atom is 0.326 e. The highest BCUT2D eigenvalue weighted by Gasteiger charge is 2.32. The average Bonchev–Trinajstić information content (AvgIpc) is 2.72. The number of carbonyl (C=O) groups is 3. The molecule has 1 N–H and O–H groups in total. The number of carboxylic acid groups (broad SMARTS) is 1. The molecule has 1 aliphatic rings. The largest absolute Gasteiger partial charge is 0.480 e. The Morgan fingerprint density at radius 1 is 1.00 bits per heavy atom. The first-order chi connectivity index (χ1) is 13.0. The van der Waals surface area contributed by atoms with E-state index in [4.69, 9.17) is 0 Å². The standard InChI is InChI=1S/C21H22N2O4/c1-22(17-10-3-2-4-11-17)19(24)15-8-7-9-16(14-15)20(25)23-13-6-5-12-18(23)21(26)27/h2-4,7-11,14,18H,5-6,12-13H2,1H3,(H,26,27)/t18-/m1/s1. The van der Waals surface area contributed by atoms with E-state index in [1.807, 2.05) is 30.3 Å². The van der Waals surface area contributed by atoms with E-state index in [9.17, 15) is 19.5 Å². The van der Waals surface area contributed by atoms with E-state index >= 15 is 0 Å². The van der Waals surface area contributed by atoms with Crippen molar-refractivity contribution in [2.24, 2.45) is 0 Å². The molecule has 6 nitrogen and oxygen atoms in total. The molecule has 2 amide bonds. The first-order valence-corrected chi connectivity index (χ1v) is 8.96. The number of para-hydroxylation sites is 1. The van der Waals surface area contributed by atoms with Crippen molar-refractivity contribution in [3.05, 3.63) is 65.7 Å². The molecule has 140 valence electrons. The maximum absolute atomic E-state index is 12.9. The fourth-order valence-electron chi connectivity index (χ4n) is 3.34. The number of anilines is 1. The summed E-state index contributed by atoms with van der Waals surface area (Å²) < 4.78 is 0. The zero-order valence-corrected chi connectivity index (χ0v) is 15.2. The van der Waals surface area contributed by atoms with Crippen molar-refractivity contribution >= 4 is 23.5 Å². The Hall–Kier alpha value is -3.15. The van der Waals surface area contributed by atoms with Crippen LogP contribution in [0.15, 0.2) is 54.6 Å². The molecule has 0 unspecified atom stereocenters. The van der Waals surface area contributed by atoms with Crippen molar-refractivity contribution in [3.63, 3.8) is 0 Å². The summed E-state index contributed by atoms with van der Waals surface area (Å²) in [5.74, 6) is -1.57. The summed E-state index contributed by atoms with van der Waals surface area (Å²) in [4.78, 5) is 40.0. The van der Waals surface area contributed by atoms with Crippen LogP contribution < -0.4 is 4.90 Å². The van der Waals surface area contributed by atoms with E-state index in [1.54, 1.807) is 25.2 Å². The van der Waals surface area contributed by atoms with Gasteiger partial charge in [0, 0.05) is 30.4 Å². The molecule has 2 aromatic rings. The minimum absolute atomic E-state index is 0.232. The SMILES string of the molecule is CN(C(=O)c1cccc(C(=O)N2CCCC[C@@H]2C(=O)O)c1)c1ccccc1. The number of piperidine rings is 1. The van der Waals surface area contributed by atoms with Crippen molar-refractivity contribution in [1.82, 2.24) is 4.90 Å². The van der Waals surface area contributed by atoms with E-state index in [1.165, 1.54) is 15.9 Å². The van der Waals surface area contributed by atoms with E-state index in [0.29, 0.717) is 24.1 Å². The second-order valence-electron chi connectivity index (χ2n) is 6.63. The number of carbonyl (C=O) groups excluding carboxylic acids is 2. The van der Waals surface area contributed by atoms with E-state index in [-0.39, 0.29) is 11.8 Å². The van der Waals surface area contributed by atoms with Crippen molar-refractivity contribution in [3.8, 4) is 0 Å². The topological polar surface area (TPSA) is 77.9 Å². The highest BCUT2D eigenvalue weighted by atomic mass is 16.4. The second kappa shape index (κ2) is 8.03. The van der Waals surface area contributed by atoms with Gasteiger partial charge in [-0.25, -0.2) is 4.79 Å². The van der Waals surface area contributed by atoms with Crippen LogP contribution in [-0.4, -0.2) is 47.4 Å². The van der Waals surface area contributed by atoms with Gasteiger partial charge in [0.1, 0.15) is 6.04 Å². The Morgan fingerprint density at radius 2 is 1.70 bits per heavy atom. The molecule has 0 radical (unpaired) electrons. The molecule has 0 bridgehead atoms. The van der Waals surface area contributed by atoms with Gasteiger partial charge in [0.05, 0.1) is 0 Å². The minimum Gasteiger partial charge on any atom is -0.480 e. The minimum atomic E-state index is -0.987. The summed E-state index contributed by atoms with van der Waals surface area (Å²) in [6.45, 7) is 0.415. The number of rotatable bonds is 4. The fraction of sp³-hybridized carbons (Fsp3) is 0.286. The third-order valence-corrected chi connectivity index (χ3v) is 4.85. The van der Waals surface area contributed by atoms with Crippen LogP contribution in [-0.2, 0) is 4.79 Å². The maximum atomic E-state index is 12.9. The van der Waals surface area contributed by atoms with Crippen molar-refractivity contribution in [1.29, 1.82) is 0 Å². The number of carboxylic acids is 1. The van der Waals surface area contributed by atoms with Gasteiger partial charge in [-0.2, -0.15) is 0 Å². The molecule has 0 spiro atoms. The Kier molecular flexibility index (Phi) is 5.54. The lowest BCUT2D eigenvalue weighted by Crippen LogP contribution is -2.48. The molecular formula is C21H22N2O4. The quantitative estimate of drug-likeness (QED) is 0.902. The van der Waals surface area contributed by atoms with Crippen LogP contribution in [0.4, 0.5) is 5.69 Å². The normalized spacial score (nSPS) is 16.6. The molecule has 0 saturated carbocycles. The first-order valence-electron chi connectivity index (χ1n) is 8.96. The molecule has 1 atom stereocenters. The summed E-state index contributed by atoms with van der Waals surface area (Å²) in [5, 5.41) is 9.39. The molecule has 1 saturated heterocycles.